The Kier molecular flexibility index (Phi) is 5.21. The molecule has 0 bridgehead atoms. The quantitative estimate of drug-likeness (QED) is 0.839. The van der Waals surface area contributed by atoms with Crippen LogP contribution in [0.15, 0.2) is 59.4 Å². The van der Waals surface area contributed by atoms with Crippen LogP contribution in [0.3, 0.4) is 0 Å². The van der Waals surface area contributed by atoms with E-state index in [1.54, 1.807) is 0 Å². The fraction of sp³-hybridized carbons (Fsp3) is 0.409. The number of unbranched alkanes of at least 4 members (excludes halogenated alkanes) is 1. The van der Waals surface area contributed by atoms with Crippen LogP contribution in [0.1, 0.15) is 38.2 Å². The van der Waals surface area contributed by atoms with Crippen molar-refractivity contribution in [2.24, 2.45) is 4.99 Å². The lowest BCUT2D eigenvalue weighted by Crippen LogP contribution is -2.31. The molecule has 4 rings (SSSR count). The molecule has 1 aromatic rings. The van der Waals surface area contributed by atoms with Crippen LogP contribution in [0.2, 0.25) is 0 Å². The predicted molar refractivity (Wildman–Crippen MR) is 107 cm³/mol. The Morgan fingerprint density at radius 3 is 2.88 bits per heavy atom. The van der Waals surface area contributed by atoms with Crippen LogP contribution < -0.4 is 10.1 Å². The summed E-state index contributed by atoms with van der Waals surface area (Å²) in [5.74, 6) is 2.01. The van der Waals surface area contributed by atoms with Crippen LogP contribution >= 0.6 is 0 Å². The van der Waals surface area contributed by atoms with Crippen molar-refractivity contribution in [2.45, 2.75) is 38.7 Å². The molecule has 0 saturated carbocycles. The van der Waals surface area contributed by atoms with Crippen LogP contribution in [-0.2, 0) is 0 Å². The molecule has 1 fully saturated rings. The van der Waals surface area contributed by atoms with Gasteiger partial charge in [0.25, 0.3) is 0 Å². The number of fused-ring (bicyclic) bond motifs is 1. The zero-order chi connectivity index (χ0) is 17.8. The highest BCUT2D eigenvalue weighted by Crippen LogP contribution is 2.31. The standard InChI is InChI=1S/C22H27N3O/c1-2-3-6-21-20(16-25-14-5-4-7-22(25)24-21)17-8-10-18(11-9-17)26-19-12-13-23-15-19/h4-5,7-11,14,19,23H,2-3,6,12-13,15-16H2,1H3/t19-/m1/s1. The maximum absolute atomic E-state index is 6.06. The summed E-state index contributed by atoms with van der Waals surface area (Å²) in [6, 6.07) is 8.57. The Labute approximate surface area is 156 Å². The minimum absolute atomic E-state index is 0.298. The molecule has 0 radical (unpaired) electrons. The first-order valence-electron chi connectivity index (χ1n) is 9.73. The lowest BCUT2D eigenvalue weighted by molar-refractivity contribution is 0.223. The van der Waals surface area contributed by atoms with Gasteiger partial charge in [0.2, 0.25) is 0 Å². The number of rotatable bonds is 6. The van der Waals surface area contributed by atoms with Gasteiger partial charge in [-0.25, -0.2) is 4.99 Å². The first-order valence-corrected chi connectivity index (χ1v) is 9.73. The molecule has 0 aliphatic carbocycles. The summed E-state index contributed by atoms with van der Waals surface area (Å²) in [4.78, 5) is 7.17. The van der Waals surface area contributed by atoms with Crippen molar-refractivity contribution in [3.8, 4) is 5.75 Å². The number of aliphatic imine (C=N–C) groups is 1. The summed E-state index contributed by atoms with van der Waals surface area (Å²) in [6.07, 6.45) is 13.1. The molecule has 1 aromatic carbocycles. The normalized spacial score (nSPS) is 21.8. The predicted octanol–water partition coefficient (Wildman–Crippen LogP) is 4.13. The molecule has 3 heterocycles. The van der Waals surface area contributed by atoms with Crippen LogP contribution in [-0.4, -0.2) is 36.5 Å². The molecule has 26 heavy (non-hydrogen) atoms. The van der Waals surface area contributed by atoms with Crippen molar-refractivity contribution in [2.75, 3.05) is 19.6 Å². The van der Waals surface area contributed by atoms with Crippen molar-refractivity contribution >= 4 is 11.4 Å². The molecule has 3 aliphatic heterocycles. The minimum Gasteiger partial charge on any atom is -0.489 e. The first-order chi connectivity index (χ1) is 12.8. The van der Waals surface area contributed by atoms with Gasteiger partial charge in [0.05, 0.1) is 6.54 Å². The Morgan fingerprint density at radius 2 is 2.12 bits per heavy atom. The van der Waals surface area contributed by atoms with Crippen molar-refractivity contribution in [3.05, 3.63) is 60.0 Å². The van der Waals surface area contributed by atoms with E-state index >= 15 is 0 Å². The summed E-state index contributed by atoms with van der Waals surface area (Å²) in [7, 11) is 0. The van der Waals surface area contributed by atoms with Gasteiger partial charge in [-0.15, -0.1) is 0 Å². The van der Waals surface area contributed by atoms with E-state index in [9.17, 15) is 0 Å². The monoisotopic (exact) mass is 349 g/mol. The second-order valence-electron chi connectivity index (χ2n) is 7.08. The van der Waals surface area contributed by atoms with Gasteiger partial charge < -0.3 is 15.0 Å². The zero-order valence-electron chi connectivity index (χ0n) is 15.4. The van der Waals surface area contributed by atoms with Gasteiger partial charge in [-0.05, 0) is 55.7 Å². The number of ether oxygens (including phenoxy) is 1. The van der Waals surface area contributed by atoms with Gasteiger partial charge in [0.15, 0.2) is 0 Å². The zero-order valence-corrected chi connectivity index (χ0v) is 15.4. The molecule has 4 nitrogen and oxygen atoms in total. The molecule has 0 spiro atoms. The van der Waals surface area contributed by atoms with Gasteiger partial charge in [-0.2, -0.15) is 0 Å². The lowest BCUT2D eigenvalue weighted by Gasteiger charge is -2.30. The topological polar surface area (TPSA) is 36.9 Å². The Hall–Kier alpha value is -2.33. The van der Waals surface area contributed by atoms with E-state index in [0.717, 1.165) is 44.1 Å². The summed E-state index contributed by atoms with van der Waals surface area (Å²) >= 11 is 0. The summed E-state index contributed by atoms with van der Waals surface area (Å²) in [6.45, 7) is 5.11. The number of hydrogen-bond acceptors (Lipinski definition) is 4. The average Bonchev–Trinajstić information content (AvgIpc) is 3.19. The third kappa shape index (κ3) is 3.75. The van der Waals surface area contributed by atoms with E-state index in [-0.39, 0.29) is 0 Å². The number of hydrogen-bond donors (Lipinski definition) is 1. The largest absolute Gasteiger partial charge is 0.489 e. The Balaban J connectivity index is 1.57. The van der Waals surface area contributed by atoms with E-state index in [1.165, 1.54) is 29.7 Å². The maximum atomic E-state index is 6.06. The molecule has 3 aliphatic rings. The minimum atomic E-state index is 0.298. The molecule has 1 atom stereocenters. The second-order valence-corrected chi connectivity index (χ2v) is 7.08. The highest BCUT2D eigenvalue weighted by molar-refractivity contribution is 5.99. The fourth-order valence-electron chi connectivity index (χ4n) is 3.63. The number of benzene rings is 1. The van der Waals surface area contributed by atoms with Crippen molar-refractivity contribution in [3.63, 3.8) is 0 Å². The highest BCUT2D eigenvalue weighted by atomic mass is 16.5. The van der Waals surface area contributed by atoms with Gasteiger partial charge in [-0.3, -0.25) is 0 Å². The number of allylic oxidation sites excluding steroid dienone is 3. The van der Waals surface area contributed by atoms with E-state index in [0.29, 0.717) is 6.10 Å². The smallest absolute Gasteiger partial charge is 0.133 e. The van der Waals surface area contributed by atoms with E-state index in [2.05, 4.69) is 65.8 Å². The van der Waals surface area contributed by atoms with Crippen LogP contribution in [0.5, 0.6) is 5.75 Å². The van der Waals surface area contributed by atoms with Gasteiger partial charge in [-0.1, -0.05) is 31.6 Å². The number of nitrogens with zero attached hydrogens (tertiary/aromatic N) is 2. The summed E-state index contributed by atoms with van der Waals surface area (Å²) in [5.41, 5.74) is 3.81. The SMILES string of the molecule is CCCCC1=C(c2ccc(O[C@@H]3CCNC3)cc2)CN2C=CC=CC2=N1. The van der Waals surface area contributed by atoms with Gasteiger partial charge >= 0.3 is 0 Å². The van der Waals surface area contributed by atoms with Crippen molar-refractivity contribution in [1.82, 2.24) is 10.2 Å². The molecule has 1 N–H and O–H groups in total. The van der Waals surface area contributed by atoms with Crippen molar-refractivity contribution < 1.29 is 4.74 Å². The Bertz CT molecular complexity index is 752. The van der Waals surface area contributed by atoms with Crippen molar-refractivity contribution in [1.29, 1.82) is 0 Å². The second kappa shape index (κ2) is 7.92. The summed E-state index contributed by atoms with van der Waals surface area (Å²) < 4.78 is 6.06. The summed E-state index contributed by atoms with van der Waals surface area (Å²) in [5, 5.41) is 3.34. The third-order valence-electron chi connectivity index (χ3n) is 5.13. The van der Waals surface area contributed by atoms with Gasteiger partial charge in [0, 0.05) is 24.0 Å². The van der Waals surface area contributed by atoms with E-state index in [4.69, 9.17) is 9.73 Å². The first kappa shape index (κ1) is 17.1. The number of nitrogens with one attached hydrogen (secondary N) is 1. The van der Waals surface area contributed by atoms with E-state index in [1.807, 2.05) is 0 Å². The molecular weight excluding hydrogens is 322 g/mol. The molecule has 136 valence electrons. The number of amidine groups is 1. The molecule has 0 amide bonds. The van der Waals surface area contributed by atoms with Gasteiger partial charge in [0.1, 0.15) is 17.7 Å². The average molecular weight is 349 g/mol. The molecule has 1 saturated heterocycles. The molecular formula is C22H27N3O. The lowest BCUT2D eigenvalue weighted by atomic mass is 9.98. The third-order valence-corrected chi connectivity index (χ3v) is 5.13. The molecule has 0 aromatic heterocycles. The molecule has 4 heteroatoms. The fourth-order valence-corrected chi connectivity index (χ4v) is 3.63. The maximum Gasteiger partial charge on any atom is 0.133 e. The van der Waals surface area contributed by atoms with E-state index < -0.39 is 0 Å². The molecule has 0 unspecified atom stereocenters. The van der Waals surface area contributed by atoms with Crippen LogP contribution in [0, 0.1) is 0 Å². The Morgan fingerprint density at radius 1 is 1.23 bits per heavy atom. The van der Waals surface area contributed by atoms with Crippen LogP contribution in [0.25, 0.3) is 5.57 Å². The van der Waals surface area contributed by atoms with Crippen LogP contribution in [0.4, 0.5) is 0 Å². The highest BCUT2D eigenvalue weighted by Gasteiger charge is 2.21.